The van der Waals surface area contributed by atoms with Gasteiger partial charge in [0, 0.05) is 64.9 Å². The maximum absolute atomic E-state index is 4.45. The number of nitrogens with one attached hydrogen (secondary N) is 2. The fourth-order valence-corrected chi connectivity index (χ4v) is 4.53. The third-order valence-corrected chi connectivity index (χ3v) is 6.32. The van der Waals surface area contributed by atoms with Gasteiger partial charge in [0.05, 0.1) is 5.69 Å². The van der Waals surface area contributed by atoms with E-state index in [9.17, 15) is 0 Å². The lowest BCUT2D eigenvalue weighted by molar-refractivity contribution is 0.196. The predicted molar refractivity (Wildman–Crippen MR) is 138 cm³/mol. The average molecular weight is 553 g/mol. The topological polar surface area (TPSA) is 83.3 Å². The number of aryl methyl sites for hydroxylation is 2. The van der Waals surface area contributed by atoms with Crippen LogP contribution in [0, 0.1) is 0 Å². The maximum atomic E-state index is 4.45. The minimum atomic E-state index is 0. The van der Waals surface area contributed by atoms with E-state index in [1.54, 1.807) is 0 Å². The fourth-order valence-electron chi connectivity index (χ4n) is 4.53. The summed E-state index contributed by atoms with van der Waals surface area (Å²) < 4.78 is 2.35. The minimum Gasteiger partial charge on any atom is -0.356 e. The first-order chi connectivity index (χ1) is 15.3. The molecule has 4 heterocycles. The molecule has 2 aromatic rings. The molecule has 2 N–H and O–H groups in total. The summed E-state index contributed by atoms with van der Waals surface area (Å²) in [4.78, 5) is 11.4. The molecule has 2 aromatic heterocycles. The SMILES string of the molecule is CN=C(NCCCc1nnc2n1CCCCC2)NC1CCN(Cc2ccccn2)CC1.I. The normalized spacial score (nSPS) is 17.8. The van der Waals surface area contributed by atoms with E-state index in [1.165, 1.54) is 25.1 Å². The molecule has 0 saturated carbocycles. The molecule has 0 spiro atoms. The second-order valence-corrected chi connectivity index (χ2v) is 8.61. The number of rotatable bonds is 7. The number of fused-ring (bicyclic) bond motifs is 1. The van der Waals surface area contributed by atoms with Gasteiger partial charge in [-0.3, -0.25) is 14.9 Å². The molecule has 0 aliphatic carbocycles. The Bertz CT molecular complexity index is 830. The number of nitrogens with zero attached hydrogens (tertiary/aromatic N) is 6. The molecular formula is C23H37IN8. The third kappa shape index (κ3) is 7.13. The lowest BCUT2D eigenvalue weighted by Gasteiger charge is -2.32. The van der Waals surface area contributed by atoms with Crippen molar-refractivity contribution in [2.75, 3.05) is 26.7 Å². The van der Waals surface area contributed by atoms with Crippen LogP contribution < -0.4 is 10.6 Å². The van der Waals surface area contributed by atoms with Gasteiger partial charge in [-0.25, -0.2) is 0 Å². The van der Waals surface area contributed by atoms with Crippen LogP contribution in [0.15, 0.2) is 29.4 Å². The highest BCUT2D eigenvalue weighted by Gasteiger charge is 2.20. The molecule has 0 amide bonds. The van der Waals surface area contributed by atoms with Crippen molar-refractivity contribution in [3.8, 4) is 0 Å². The van der Waals surface area contributed by atoms with Crippen molar-refractivity contribution in [2.24, 2.45) is 4.99 Å². The monoisotopic (exact) mass is 552 g/mol. The van der Waals surface area contributed by atoms with Crippen molar-refractivity contribution >= 4 is 29.9 Å². The summed E-state index contributed by atoms with van der Waals surface area (Å²) in [5, 5.41) is 15.9. The third-order valence-electron chi connectivity index (χ3n) is 6.32. The fraction of sp³-hybridized carbons (Fsp3) is 0.652. The summed E-state index contributed by atoms with van der Waals surface area (Å²) in [5.41, 5.74) is 1.15. The van der Waals surface area contributed by atoms with Gasteiger partial charge < -0.3 is 15.2 Å². The second-order valence-electron chi connectivity index (χ2n) is 8.61. The molecule has 176 valence electrons. The number of hydrogen-bond acceptors (Lipinski definition) is 5. The van der Waals surface area contributed by atoms with Crippen molar-refractivity contribution in [1.29, 1.82) is 0 Å². The quantitative estimate of drug-likeness (QED) is 0.238. The van der Waals surface area contributed by atoms with Crippen LogP contribution in [0.4, 0.5) is 0 Å². The van der Waals surface area contributed by atoms with Crippen LogP contribution >= 0.6 is 24.0 Å². The smallest absolute Gasteiger partial charge is 0.191 e. The van der Waals surface area contributed by atoms with Crippen molar-refractivity contribution in [3.63, 3.8) is 0 Å². The Morgan fingerprint density at radius 2 is 2.00 bits per heavy atom. The Balaban J connectivity index is 0.00000289. The van der Waals surface area contributed by atoms with Gasteiger partial charge in [0.1, 0.15) is 11.6 Å². The summed E-state index contributed by atoms with van der Waals surface area (Å²) in [6.07, 6.45) is 11.0. The number of hydrogen-bond donors (Lipinski definition) is 2. The van der Waals surface area contributed by atoms with E-state index < -0.39 is 0 Å². The van der Waals surface area contributed by atoms with Crippen LogP contribution in [0.3, 0.4) is 0 Å². The summed E-state index contributed by atoms with van der Waals surface area (Å²) in [7, 11) is 1.85. The maximum Gasteiger partial charge on any atom is 0.191 e. The molecule has 0 radical (unpaired) electrons. The molecule has 0 aromatic carbocycles. The van der Waals surface area contributed by atoms with Gasteiger partial charge in [0.2, 0.25) is 0 Å². The van der Waals surface area contributed by atoms with Crippen LogP contribution in [0.2, 0.25) is 0 Å². The molecule has 0 atom stereocenters. The van der Waals surface area contributed by atoms with Gasteiger partial charge in [0.15, 0.2) is 5.96 Å². The van der Waals surface area contributed by atoms with Crippen LogP contribution in [0.25, 0.3) is 0 Å². The largest absolute Gasteiger partial charge is 0.356 e. The molecule has 9 heteroatoms. The summed E-state index contributed by atoms with van der Waals surface area (Å²) in [6.45, 7) is 5.08. The number of aromatic nitrogens is 4. The number of pyridine rings is 1. The van der Waals surface area contributed by atoms with Gasteiger partial charge in [-0.15, -0.1) is 34.2 Å². The molecular weight excluding hydrogens is 515 g/mol. The van der Waals surface area contributed by atoms with Gasteiger partial charge in [0.25, 0.3) is 0 Å². The van der Waals surface area contributed by atoms with Crippen molar-refractivity contribution < 1.29 is 0 Å². The zero-order chi connectivity index (χ0) is 21.3. The Labute approximate surface area is 208 Å². The predicted octanol–water partition coefficient (Wildman–Crippen LogP) is 2.78. The van der Waals surface area contributed by atoms with Crippen LogP contribution in [0.1, 0.15) is 55.9 Å². The molecule has 0 bridgehead atoms. The van der Waals surface area contributed by atoms with E-state index >= 15 is 0 Å². The van der Waals surface area contributed by atoms with Crippen LogP contribution in [-0.4, -0.2) is 63.3 Å². The van der Waals surface area contributed by atoms with Crippen molar-refractivity contribution in [3.05, 3.63) is 41.7 Å². The lowest BCUT2D eigenvalue weighted by atomic mass is 10.0. The minimum absolute atomic E-state index is 0. The molecule has 8 nitrogen and oxygen atoms in total. The highest BCUT2D eigenvalue weighted by atomic mass is 127. The standard InChI is InChI=1S/C23H36N8.HI/c1-24-23(26-14-7-10-22-29-28-21-9-3-2-6-15-31(21)22)27-19-11-16-30(17-12-19)18-20-8-4-5-13-25-20;/h4-5,8,13,19H,2-3,6-7,9-12,14-18H2,1H3,(H2,24,26,27);1H. The van der Waals surface area contributed by atoms with Crippen molar-refractivity contribution in [1.82, 2.24) is 35.3 Å². The number of halogens is 1. The summed E-state index contributed by atoms with van der Waals surface area (Å²) in [5.74, 6) is 3.22. The van der Waals surface area contributed by atoms with E-state index in [0.29, 0.717) is 6.04 Å². The first-order valence-corrected chi connectivity index (χ1v) is 11.8. The van der Waals surface area contributed by atoms with Gasteiger partial charge in [-0.05, 0) is 44.2 Å². The molecule has 1 fully saturated rings. The summed E-state index contributed by atoms with van der Waals surface area (Å²) >= 11 is 0. The molecule has 0 unspecified atom stereocenters. The van der Waals surface area contributed by atoms with Crippen LogP contribution in [-0.2, 0) is 25.9 Å². The molecule has 1 saturated heterocycles. The van der Waals surface area contributed by atoms with E-state index in [-0.39, 0.29) is 24.0 Å². The first-order valence-electron chi connectivity index (χ1n) is 11.8. The van der Waals surface area contributed by atoms with E-state index in [0.717, 1.165) is 82.3 Å². The number of piperidine rings is 1. The molecule has 32 heavy (non-hydrogen) atoms. The molecule has 2 aliphatic rings. The average Bonchev–Trinajstić information content (AvgIpc) is 3.03. The zero-order valence-electron chi connectivity index (χ0n) is 19.2. The molecule has 4 rings (SSSR count). The Kier molecular flexibility index (Phi) is 10.2. The second kappa shape index (κ2) is 13.1. The highest BCUT2D eigenvalue weighted by Crippen LogP contribution is 2.15. The van der Waals surface area contributed by atoms with Gasteiger partial charge >= 0.3 is 0 Å². The zero-order valence-corrected chi connectivity index (χ0v) is 21.5. The lowest BCUT2D eigenvalue weighted by Crippen LogP contribution is -2.48. The number of aliphatic imine (C=N–C) groups is 1. The van der Waals surface area contributed by atoms with Gasteiger partial charge in [-0.2, -0.15) is 0 Å². The molecule has 2 aliphatic heterocycles. The van der Waals surface area contributed by atoms with E-state index in [4.69, 9.17) is 0 Å². The first kappa shape index (κ1) is 24.9. The van der Waals surface area contributed by atoms with Gasteiger partial charge in [-0.1, -0.05) is 12.5 Å². The highest BCUT2D eigenvalue weighted by molar-refractivity contribution is 14.0. The number of guanidine groups is 1. The Hall–Kier alpha value is -1.75. The van der Waals surface area contributed by atoms with Crippen LogP contribution in [0.5, 0.6) is 0 Å². The van der Waals surface area contributed by atoms with Crippen molar-refractivity contribution in [2.45, 2.75) is 70.5 Å². The van der Waals surface area contributed by atoms with E-state index in [2.05, 4.69) is 52.4 Å². The summed E-state index contributed by atoms with van der Waals surface area (Å²) in [6, 6.07) is 6.61. The Morgan fingerprint density at radius 1 is 1.12 bits per heavy atom. The van der Waals surface area contributed by atoms with E-state index in [1.807, 2.05) is 19.3 Å². The number of likely N-dealkylation sites (tertiary alicyclic amines) is 1. The Morgan fingerprint density at radius 3 is 2.78 bits per heavy atom.